The number of methoxy groups -OCH3 is 1. The third-order valence-electron chi connectivity index (χ3n) is 4.40. The van der Waals surface area contributed by atoms with Crippen LogP contribution in [-0.4, -0.2) is 19.2 Å². The molecule has 0 bridgehead atoms. The molecule has 2 unspecified atom stereocenters. The summed E-state index contributed by atoms with van der Waals surface area (Å²) in [5, 5.41) is 13.1. The number of nitrogens with zero attached hydrogens (tertiary/aromatic N) is 1. The number of dihydropyridines is 1. The van der Waals surface area contributed by atoms with Gasteiger partial charge in [-0.2, -0.15) is 5.26 Å². The van der Waals surface area contributed by atoms with Crippen molar-refractivity contribution in [2.24, 2.45) is 0 Å². The smallest absolute Gasteiger partial charge is 0.336 e. The van der Waals surface area contributed by atoms with Crippen LogP contribution in [0.25, 0.3) is 0 Å². The molecule has 1 aromatic rings. The zero-order chi connectivity index (χ0) is 18.8. The Morgan fingerprint density at radius 3 is 2.85 bits per heavy atom. The third kappa shape index (κ3) is 3.06. The zero-order valence-corrected chi connectivity index (χ0v) is 14.9. The fourth-order valence-electron chi connectivity index (χ4n) is 3.23. The average molecular weight is 375 g/mol. The summed E-state index contributed by atoms with van der Waals surface area (Å²) in [4.78, 5) is 12.4. The molecule has 0 saturated carbocycles. The van der Waals surface area contributed by atoms with E-state index >= 15 is 0 Å². The molecule has 0 saturated heterocycles. The molecule has 0 amide bonds. The van der Waals surface area contributed by atoms with Gasteiger partial charge < -0.3 is 14.8 Å². The van der Waals surface area contributed by atoms with E-state index in [0.717, 1.165) is 6.07 Å². The van der Waals surface area contributed by atoms with Crippen LogP contribution in [0.5, 0.6) is 0 Å². The Hall–Kier alpha value is -2.78. The number of carbonyl (C=O) groups excluding carboxylic acids is 1. The second kappa shape index (κ2) is 7.22. The summed E-state index contributed by atoms with van der Waals surface area (Å²) in [6, 6.07) is 6.05. The second-order valence-electron chi connectivity index (χ2n) is 5.93. The highest BCUT2D eigenvalue weighted by Gasteiger charge is 2.38. The van der Waals surface area contributed by atoms with Crippen molar-refractivity contribution < 1.29 is 18.7 Å². The molecule has 5 nitrogen and oxygen atoms in total. The summed E-state index contributed by atoms with van der Waals surface area (Å²) in [5.74, 6) is -1.86. The van der Waals surface area contributed by atoms with E-state index in [2.05, 4.69) is 11.4 Å². The Bertz CT molecular complexity index is 891. The normalized spacial score (nSPS) is 22.0. The fraction of sp³-hybridized carbons (Fsp3) is 0.263. The number of hydrogen-bond acceptors (Lipinski definition) is 5. The molecule has 0 aromatic heterocycles. The number of allylic oxidation sites excluding steroid dienone is 2. The molecule has 0 radical (unpaired) electrons. The first-order chi connectivity index (χ1) is 12.5. The quantitative estimate of drug-likeness (QED) is 0.817. The summed E-state index contributed by atoms with van der Waals surface area (Å²) < 4.78 is 24.0. The summed E-state index contributed by atoms with van der Waals surface area (Å²) in [5.41, 5.74) is 2.10. The van der Waals surface area contributed by atoms with Gasteiger partial charge in [0.25, 0.3) is 0 Å². The number of esters is 1. The van der Waals surface area contributed by atoms with E-state index < -0.39 is 17.7 Å². The van der Waals surface area contributed by atoms with Gasteiger partial charge in [0.05, 0.1) is 42.2 Å². The molecule has 2 aliphatic rings. The van der Waals surface area contributed by atoms with E-state index in [1.165, 1.54) is 19.2 Å². The van der Waals surface area contributed by atoms with Crippen LogP contribution >= 0.6 is 11.6 Å². The molecule has 1 aromatic carbocycles. The predicted molar refractivity (Wildman–Crippen MR) is 93.3 cm³/mol. The van der Waals surface area contributed by atoms with Crippen LogP contribution in [0.4, 0.5) is 4.39 Å². The van der Waals surface area contributed by atoms with Crippen molar-refractivity contribution in [1.29, 1.82) is 5.26 Å². The minimum atomic E-state index is -0.777. The van der Waals surface area contributed by atoms with E-state index in [1.807, 2.05) is 6.08 Å². The van der Waals surface area contributed by atoms with Crippen molar-refractivity contribution in [3.05, 3.63) is 69.5 Å². The molecular weight excluding hydrogens is 359 g/mol. The van der Waals surface area contributed by atoms with Crippen LogP contribution < -0.4 is 5.32 Å². The van der Waals surface area contributed by atoms with E-state index in [4.69, 9.17) is 21.1 Å². The van der Waals surface area contributed by atoms with Crippen molar-refractivity contribution >= 4 is 17.6 Å². The minimum absolute atomic E-state index is 0.128. The van der Waals surface area contributed by atoms with Crippen molar-refractivity contribution in [1.82, 2.24) is 5.32 Å². The number of ether oxygens (including phenoxy) is 2. The topological polar surface area (TPSA) is 71.3 Å². The Kier molecular flexibility index (Phi) is 5.01. The maximum Gasteiger partial charge on any atom is 0.336 e. The Balaban J connectivity index is 2.21. The van der Waals surface area contributed by atoms with E-state index in [1.54, 1.807) is 13.2 Å². The highest BCUT2D eigenvalue weighted by Crippen LogP contribution is 2.42. The monoisotopic (exact) mass is 374 g/mol. The first-order valence-corrected chi connectivity index (χ1v) is 8.31. The first-order valence-electron chi connectivity index (χ1n) is 7.93. The molecule has 2 atom stereocenters. The van der Waals surface area contributed by atoms with E-state index in [-0.39, 0.29) is 16.7 Å². The van der Waals surface area contributed by atoms with Gasteiger partial charge in [-0.15, -0.1) is 0 Å². The lowest BCUT2D eigenvalue weighted by molar-refractivity contribution is -0.136. The van der Waals surface area contributed by atoms with Gasteiger partial charge in [-0.05, 0) is 30.7 Å². The summed E-state index contributed by atoms with van der Waals surface area (Å²) in [6.45, 7) is 1.72. The molecule has 2 aliphatic heterocycles. The lowest BCUT2D eigenvalue weighted by Gasteiger charge is -2.31. The molecule has 2 heterocycles. The van der Waals surface area contributed by atoms with Gasteiger partial charge in [-0.1, -0.05) is 17.7 Å². The molecule has 0 fully saturated rings. The van der Waals surface area contributed by atoms with Crippen molar-refractivity contribution in [3.8, 4) is 6.07 Å². The van der Waals surface area contributed by atoms with Crippen molar-refractivity contribution in [2.75, 3.05) is 7.11 Å². The second-order valence-corrected chi connectivity index (χ2v) is 6.33. The molecule has 0 spiro atoms. The van der Waals surface area contributed by atoms with E-state index in [9.17, 15) is 14.4 Å². The van der Waals surface area contributed by atoms with Crippen LogP contribution in [-0.2, 0) is 14.3 Å². The van der Waals surface area contributed by atoms with Crippen molar-refractivity contribution in [2.45, 2.75) is 25.4 Å². The Morgan fingerprint density at radius 2 is 2.27 bits per heavy atom. The van der Waals surface area contributed by atoms with Gasteiger partial charge in [-0.25, -0.2) is 9.18 Å². The number of nitrogens with one attached hydrogen (secondary N) is 1. The maximum atomic E-state index is 13.5. The van der Waals surface area contributed by atoms with Gasteiger partial charge in [0.1, 0.15) is 11.9 Å². The number of carbonyl (C=O) groups is 1. The lowest BCUT2D eigenvalue weighted by atomic mass is 9.80. The summed E-state index contributed by atoms with van der Waals surface area (Å²) in [6.07, 6.45) is 3.66. The van der Waals surface area contributed by atoms with Crippen LogP contribution in [0.15, 0.2) is 53.1 Å². The van der Waals surface area contributed by atoms with Crippen LogP contribution in [0, 0.1) is 17.1 Å². The number of hydrogen-bond donors (Lipinski definition) is 1. The van der Waals surface area contributed by atoms with Gasteiger partial charge >= 0.3 is 5.97 Å². The average Bonchev–Trinajstić information content (AvgIpc) is 3.15. The third-order valence-corrected chi connectivity index (χ3v) is 4.73. The summed E-state index contributed by atoms with van der Waals surface area (Å²) in [7, 11) is 1.27. The van der Waals surface area contributed by atoms with Gasteiger partial charge in [0.15, 0.2) is 0 Å². The highest BCUT2D eigenvalue weighted by molar-refractivity contribution is 6.31. The first kappa shape index (κ1) is 18.0. The molecule has 3 rings (SSSR count). The number of rotatable bonds is 3. The SMILES string of the molecule is COC(=O)C1=C(C)NC(C2CC=CO2)=C(C#N)C1c1ccc(F)cc1Cl. The zero-order valence-electron chi connectivity index (χ0n) is 14.2. The van der Waals surface area contributed by atoms with Gasteiger partial charge in [-0.3, -0.25) is 0 Å². The molecular formula is C19H16ClFN2O3. The number of nitriles is 1. The number of benzene rings is 1. The van der Waals surface area contributed by atoms with Crippen LogP contribution in [0.3, 0.4) is 0 Å². The van der Waals surface area contributed by atoms with Crippen LogP contribution in [0.2, 0.25) is 5.02 Å². The van der Waals surface area contributed by atoms with Gasteiger partial charge in [0.2, 0.25) is 0 Å². The lowest BCUT2D eigenvalue weighted by Crippen LogP contribution is -2.34. The predicted octanol–water partition coefficient (Wildman–Crippen LogP) is 3.69. The number of halogens is 2. The molecule has 1 N–H and O–H groups in total. The standard InChI is InChI=1S/C19H16ClFN2O3/c1-10-16(19(24)25-2)17(12-6-5-11(21)8-14(12)20)13(9-22)18(23-10)15-4-3-7-26-15/h3,5-8,15,17,23H,4H2,1-2H3. The largest absolute Gasteiger partial charge is 0.492 e. The minimum Gasteiger partial charge on any atom is -0.492 e. The van der Waals surface area contributed by atoms with Gasteiger partial charge in [0, 0.05) is 17.1 Å². The fourth-order valence-corrected chi connectivity index (χ4v) is 3.51. The Labute approximate surface area is 155 Å². The summed E-state index contributed by atoms with van der Waals surface area (Å²) >= 11 is 6.24. The van der Waals surface area contributed by atoms with Crippen LogP contribution in [0.1, 0.15) is 24.8 Å². The van der Waals surface area contributed by atoms with Crippen molar-refractivity contribution in [3.63, 3.8) is 0 Å². The van der Waals surface area contributed by atoms with E-state index in [0.29, 0.717) is 29.0 Å². The molecule has 0 aliphatic carbocycles. The molecule has 7 heteroatoms. The Morgan fingerprint density at radius 1 is 1.50 bits per heavy atom. The highest BCUT2D eigenvalue weighted by atomic mass is 35.5. The molecule has 134 valence electrons. The maximum absolute atomic E-state index is 13.5. The molecule has 26 heavy (non-hydrogen) atoms.